The molecule has 29 heavy (non-hydrogen) atoms. The Bertz CT molecular complexity index is 1170. The van der Waals surface area contributed by atoms with E-state index in [1.165, 1.54) is 29.0 Å². The minimum absolute atomic E-state index is 0.0298. The molecule has 0 saturated carbocycles. The van der Waals surface area contributed by atoms with Crippen molar-refractivity contribution in [2.24, 2.45) is 0 Å². The average Bonchev–Trinajstić information content (AvgIpc) is 3.41. The van der Waals surface area contributed by atoms with Gasteiger partial charge in [-0.25, -0.2) is 13.4 Å². The summed E-state index contributed by atoms with van der Waals surface area (Å²) in [4.78, 5) is 4.59. The van der Waals surface area contributed by atoms with Crippen molar-refractivity contribution in [3.8, 4) is 11.5 Å². The summed E-state index contributed by atoms with van der Waals surface area (Å²) in [7, 11) is -3.81. The minimum atomic E-state index is -3.81. The van der Waals surface area contributed by atoms with E-state index in [1.54, 1.807) is 24.3 Å². The van der Waals surface area contributed by atoms with E-state index in [-0.39, 0.29) is 18.0 Å². The van der Waals surface area contributed by atoms with E-state index in [4.69, 9.17) is 20.4 Å². The molecule has 4 aromatic rings. The number of hydrogen-bond donors (Lipinski definition) is 0. The van der Waals surface area contributed by atoms with Crippen LogP contribution in [0.25, 0.3) is 11.5 Å². The van der Waals surface area contributed by atoms with Crippen LogP contribution in [0, 0.1) is 0 Å². The number of oxazole rings is 1. The molecular weight excluding hydrogens is 412 g/mol. The Hall–Kier alpha value is -2.87. The highest BCUT2D eigenvalue weighted by Crippen LogP contribution is 2.24. The largest absolute Gasteiger partial charge is 0.468 e. The SMILES string of the molecule is O=S(=O)(c1ccc(Cl)cc1)N(Cc1coc(-c2ccccc2)n1)Cc1ccco1. The van der Waals surface area contributed by atoms with Gasteiger partial charge in [0.2, 0.25) is 15.9 Å². The number of hydrogen-bond acceptors (Lipinski definition) is 5. The zero-order valence-electron chi connectivity index (χ0n) is 15.2. The topological polar surface area (TPSA) is 76.6 Å². The van der Waals surface area contributed by atoms with Gasteiger partial charge in [0.05, 0.1) is 29.9 Å². The van der Waals surface area contributed by atoms with Crippen LogP contribution in [0.3, 0.4) is 0 Å². The lowest BCUT2D eigenvalue weighted by Crippen LogP contribution is -2.30. The van der Waals surface area contributed by atoms with Crippen LogP contribution in [-0.2, 0) is 23.1 Å². The van der Waals surface area contributed by atoms with E-state index in [9.17, 15) is 8.42 Å². The van der Waals surface area contributed by atoms with E-state index in [2.05, 4.69) is 4.98 Å². The monoisotopic (exact) mass is 428 g/mol. The van der Waals surface area contributed by atoms with Crippen LogP contribution in [0.15, 0.2) is 93.0 Å². The van der Waals surface area contributed by atoms with E-state index >= 15 is 0 Å². The van der Waals surface area contributed by atoms with Crippen LogP contribution >= 0.6 is 11.6 Å². The number of benzene rings is 2. The Labute approximate surface area is 173 Å². The van der Waals surface area contributed by atoms with Gasteiger partial charge >= 0.3 is 0 Å². The molecule has 0 unspecified atom stereocenters. The maximum Gasteiger partial charge on any atom is 0.243 e. The predicted octanol–water partition coefficient (Wildman–Crippen LogP) is 4.98. The molecule has 0 spiro atoms. The Kier molecular flexibility index (Phi) is 5.53. The van der Waals surface area contributed by atoms with E-state index in [0.717, 1.165) is 5.56 Å². The van der Waals surface area contributed by atoms with E-state index < -0.39 is 10.0 Å². The first-order valence-corrected chi connectivity index (χ1v) is 10.6. The van der Waals surface area contributed by atoms with Crippen molar-refractivity contribution in [1.29, 1.82) is 0 Å². The summed E-state index contributed by atoms with van der Waals surface area (Å²) in [5.41, 5.74) is 1.31. The molecule has 6 nitrogen and oxygen atoms in total. The normalized spacial score (nSPS) is 11.8. The van der Waals surface area contributed by atoms with Crippen molar-refractivity contribution in [2.45, 2.75) is 18.0 Å². The molecule has 148 valence electrons. The Morgan fingerprint density at radius 2 is 1.66 bits per heavy atom. The summed E-state index contributed by atoms with van der Waals surface area (Å²) in [6.07, 6.45) is 2.97. The number of rotatable bonds is 7. The van der Waals surface area contributed by atoms with Gasteiger partial charge in [-0.3, -0.25) is 0 Å². The molecule has 0 bridgehead atoms. The van der Waals surface area contributed by atoms with Gasteiger partial charge in [-0.05, 0) is 48.5 Å². The highest BCUT2D eigenvalue weighted by atomic mass is 35.5. The van der Waals surface area contributed by atoms with E-state index in [1.807, 2.05) is 30.3 Å². The number of sulfonamides is 1. The highest BCUT2D eigenvalue weighted by molar-refractivity contribution is 7.89. The Morgan fingerprint density at radius 3 is 2.34 bits per heavy atom. The fourth-order valence-electron chi connectivity index (χ4n) is 2.83. The zero-order valence-corrected chi connectivity index (χ0v) is 16.8. The summed E-state index contributed by atoms with van der Waals surface area (Å²) >= 11 is 5.90. The third-order valence-corrected chi connectivity index (χ3v) is 6.33. The molecule has 0 fully saturated rings. The fourth-order valence-corrected chi connectivity index (χ4v) is 4.34. The predicted molar refractivity (Wildman–Crippen MR) is 109 cm³/mol. The van der Waals surface area contributed by atoms with E-state index in [0.29, 0.717) is 22.4 Å². The Morgan fingerprint density at radius 1 is 0.897 bits per heavy atom. The molecule has 0 aliphatic carbocycles. The lowest BCUT2D eigenvalue weighted by atomic mass is 10.2. The molecule has 8 heteroatoms. The lowest BCUT2D eigenvalue weighted by Gasteiger charge is -2.20. The first kappa shape index (κ1) is 19.4. The van der Waals surface area contributed by atoms with Gasteiger partial charge in [0.1, 0.15) is 12.0 Å². The second-order valence-electron chi connectivity index (χ2n) is 6.32. The van der Waals surface area contributed by atoms with Gasteiger partial charge in [0, 0.05) is 10.6 Å². The summed E-state index contributed by atoms with van der Waals surface area (Å²) in [5, 5.41) is 0.463. The molecule has 4 rings (SSSR count). The van der Waals surface area contributed by atoms with Crippen LogP contribution in [-0.4, -0.2) is 17.7 Å². The first-order valence-electron chi connectivity index (χ1n) is 8.80. The van der Waals surface area contributed by atoms with Crippen molar-refractivity contribution in [1.82, 2.24) is 9.29 Å². The molecular formula is C21H17ClN2O4S. The first-order chi connectivity index (χ1) is 14.0. The number of aromatic nitrogens is 1. The van der Waals surface area contributed by atoms with Crippen molar-refractivity contribution >= 4 is 21.6 Å². The molecule has 0 radical (unpaired) electrons. The highest BCUT2D eigenvalue weighted by Gasteiger charge is 2.27. The molecule has 0 amide bonds. The molecule has 0 aliphatic rings. The van der Waals surface area contributed by atoms with Gasteiger partial charge in [-0.1, -0.05) is 29.8 Å². The summed E-state index contributed by atoms with van der Waals surface area (Å²) in [6, 6.07) is 18.9. The van der Waals surface area contributed by atoms with Crippen LogP contribution in [0.1, 0.15) is 11.5 Å². The molecule has 2 aromatic heterocycles. The van der Waals surface area contributed by atoms with Gasteiger partial charge in [0.15, 0.2) is 0 Å². The summed E-state index contributed by atoms with van der Waals surface area (Å²) < 4.78 is 38.7. The average molecular weight is 429 g/mol. The van der Waals surface area contributed by atoms with Crippen LogP contribution in [0.4, 0.5) is 0 Å². The van der Waals surface area contributed by atoms with Gasteiger partial charge in [-0.2, -0.15) is 4.31 Å². The Balaban J connectivity index is 1.64. The second-order valence-corrected chi connectivity index (χ2v) is 8.69. The quantitative estimate of drug-likeness (QED) is 0.415. The summed E-state index contributed by atoms with van der Waals surface area (Å²) in [6.45, 7) is 0.0908. The molecule has 0 atom stereocenters. The van der Waals surface area contributed by atoms with Crippen molar-refractivity contribution in [3.63, 3.8) is 0 Å². The second kappa shape index (κ2) is 8.24. The lowest BCUT2D eigenvalue weighted by molar-refractivity contribution is 0.355. The van der Waals surface area contributed by atoms with Gasteiger partial charge in [0.25, 0.3) is 0 Å². The molecule has 0 aliphatic heterocycles. The number of halogens is 1. The maximum atomic E-state index is 13.2. The number of nitrogens with zero attached hydrogens (tertiary/aromatic N) is 2. The summed E-state index contributed by atoms with van der Waals surface area (Å²) in [5.74, 6) is 0.955. The van der Waals surface area contributed by atoms with Crippen molar-refractivity contribution in [2.75, 3.05) is 0 Å². The number of furan rings is 1. The smallest absolute Gasteiger partial charge is 0.243 e. The van der Waals surface area contributed by atoms with Crippen molar-refractivity contribution in [3.05, 3.63) is 95.7 Å². The van der Waals surface area contributed by atoms with Crippen LogP contribution < -0.4 is 0 Å². The molecule has 2 heterocycles. The standard InChI is InChI=1S/C21H17ClN2O4S/c22-17-8-10-20(11-9-17)29(25,26)24(14-19-7-4-12-27-19)13-18-15-28-21(23-18)16-5-2-1-3-6-16/h1-12,15H,13-14H2. The molecule has 2 aromatic carbocycles. The molecule has 0 saturated heterocycles. The van der Waals surface area contributed by atoms with Crippen molar-refractivity contribution < 1.29 is 17.3 Å². The third-order valence-electron chi connectivity index (χ3n) is 4.27. The van der Waals surface area contributed by atoms with Crippen LogP contribution in [0.2, 0.25) is 5.02 Å². The minimum Gasteiger partial charge on any atom is -0.468 e. The third kappa shape index (κ3) is 4.42. The fraction of sp³-hybridized carbons (Fsp3) is 0.0952. The van der Waals surface area contributed by atoms with Gasteiger partial charge < -0.3 is 8.83 Å². The zero-order chi connectivity index (χ0) is 20.3. The maximum absolute atomic E-state index is 13.2. The molecule has 0 N–H and O–H groups in total. The van der Waals surface area contributed by atoms with Crippen LogP contribution in [0.5, 0.6) is 0 Å². The van der Waals surface area contributed by atoms with Gasteiger partial charge in [-0.15, -0.1) is 0 Å².